The molecule has 0 aliphatic rings. The van der Waals surface area contributed by atoms with Gasteiger partial charge in [-0.15, -0.1) is 11.3 Å². The Morgan fingerprint density at radius 1 is 1.37 bits per heavy atom. The summed E-state index contributed by atoms with van der Waals surface area (Å²) in [6.45, 7) is 4.79. The SMILES string of the molecule is CC(=O)N(CC(=O)O)c1ncnc2sc(C)c(C)c12. The molecular weight excluding hydrogens is 266 g/mol. The molecule has 2 heterocycles. The van der Waals surface area contributed by atoms with Gasteiger partial charge in [0.25, 0.3) is 0 Å². The highest BCUT2D eigenvalue weighted by atomic mass is 32.1. The van der Waals surface area contributed by atoms with Gasteiger partial charge in [-0.05, 0) is 19.4 Å². The molecular formula is C12H13N3O3S. The molecule has 100 valence electrons. The Labute approximate surface area is 113 Å². The van der Waals surface area contributed by atoms with Crippen LogP contribution in [0.4, 0.5) is 5.82 Å². The molecule has 0 spiro atoms. The molecule has 0 aliphatic carbocycles. The highest BCUT2D eigenvalue weighted by molar-refractivity contribution is 7.18. The summed E-state index contributed by atoms with van der Waals surface area (Å²) in [4.78, 5) is 33.8. The number of aromatic nitrogens is 2. The van der Waals surface area contributed by atoms with E-state index in [2.05, 4.69) is 9.97 Å². The van der Waals surface area contributed by atoms with Crippen LogP contribution in [0.15, 0.2) is 6.33 Å². The van der Waals surface area contributed by atoms with E-state index >= 15 is 0 Å². The molecule has 19 heavy (non-hydrogen) atoms. The first-order chi connectivity index (χ1) is 8.91. The summed E-state index contributed by atoms with van der Waals surface area (Å²) in [5.74, 6) is -1.07. The van der Waals surface area contributed by atoms with E-state index in [1.165, 1.54) is 24.6 Å². The smallest absolute Gasteiger partial charge is 0.323 e. The van der Waals surface area contributed by atoms with E-state index in [-0.39, 0.29) is 5.91 Å². The fourth-order valence-corrected chi connectivity index (χ4v) is 2.83. The van der Waals surface area contributed by atoms with Crippen molar-refractivity contribution in [3.8, 4) is 0 Å². The molecule has 1 N–H and O–H groups in total. The lowest BCUT2D eigenvalue weighted by Crippen LogP contribution is -2.34. The Kier molecular flexibility index (Phi) is 3.48. The number of anilines is 1. The first kappa shape index (κ1) is 13.4. The van der Waals surface area contributed by atoms with Crippen LogP contribution in [0.25, 0.3) is 10.2 Å². The van der Waals surface area contributed by atoms with Gasteiger partial charge in [0.1, 0.15) is 23.5 Å². The summed E-state index contributed by atoms with van der Waals surface area (Å²) in [5.41, 5.74) is 0.979. The van der Waals surface area contributed by atoms with E-state index in [1.807, 2.05) is 13.8 Å². The van der Waals surface area contributed by atoms with Crippen molar-refractivity contribution >= 4 is 39.2 Å². The van der Waals surface area contributed by atoms with Crippen molar-refractivity contribution in [2.75, 3.05) is 11.4 Å². The van der Waals surface area contributed by atoms with Crippen LogP contribution < -0.4 is 4.90 Å². The highest BCUT2D eigenvalue weighted by Gasteiger charge is 2.21. The van der Waals surface area contributed by atoms with E-state index in [9.17, 15) is 9.59 Å². The first-order valence-electron chi connectivity index (χ1n) is 5.62. The maximum atomic E-state index is 11.6. The summed E-state index contributed by atoms with van der Waals surface area (Å²) in [6.07, 6.45) is 1.35. The van der Waals surface area contributed by atoms with E-state index in [4.69, 9.17) is 5.11 Å². The number of thiophene rings is 1. The van der Waals surface area contributed by atoms with Crippen LogP contribution in [-0.4, -0.2) is 33.5 Å². The Bertz CT molecular complexity index is 666. The normalized spacial score (nSPS) is 10.7. The molecule has 0 radical (unpaired) electrons. The van der Waals surface area contributed by atoms with Gasteiger partial charge in [0, 0.05) is 11.8 Å². The standard InChI is InChI=1S/C12H13N3O3S/c1-6-7(2)19-12-10(6)11(13-5-14-12)15(8(3)16)4-9(17)18/h5H,4H2,1-3H3,(H,17,18). The number of fused-ring (bicyclic) bond motifs is 1. The Morgan fingerprint density at radius 3 is 2.63 bits per heavy atom. The first-order valence-corrected chi connectivity index (χ1v) is 6.44. The molecule has 6 nitrogen and oxygen atoms in total. The molecule has 2 rings (SSSR count). The summed E-state index contributed by atoms with van der Waals surface area (Å²) in [7, 11) is 0. The number of hydrogen-bond acceptors (Lipinski definition) is 5. The average molecular weight is 279 g/mol. The van der Waals surface area contributed by atoms with Crippen LogP contribution in [-0.2, 0) is 9.59 Å². The van der Waals surface area contributed by atoms with Crippen molar-refractivity contribution in [2.24, 2.45) is 0 Å². The predicted molar refractivity (Wildman–Crippen MR) is 72.6 cm³/mol. The van der Waals surface area contributed by atoms with E-state index in [1.54, 1.807) is 0 Å². The van der Waals surface area contributed by atoms with Gasteiger partial charge in [0.05, 0.1) is 5.39 Å². The zero-order valence-corrected chi connectivity index (χ0v) is 11.6. The van der Waals surface area contributed by atoms with Crippen LogP contribution in [0.5, 0.6) is 0 Å². The van der Waals surface area contributed by atoms with E-state index in [0.717, 1.165) is 25.6 Å². The molecule has 0 saturated heterocycles. The number of hydrogen-bond donors (Lipinski definition) is 1. The Morgan fingerprint density at radius 2 is 2.05 bits per heavy atom. The van der Waals surface area contributed by atoms with Crippen molar-refractivity contribution in [1.29, 1.82) is 0 Å². The van der Waals surface area contributed by atoms with Crippen molar-refractivity contribution in [3.05, 3.63) is 16.8 Å². The molecule has 0 fully saturated rings. The van der Waals surface area contributed by atoms with Crippen molar-refractivity contribution < 1.29 is 14.7 Å². The fourth-order valence-electron chi connectivity index (χ4n) is 1.84. The topological polar surface area (TPSA) is 83.4 Å². The van der Waals surface area contributed by atoms with Crippen molar-refractivity contribution in [3.63, 3.8) is 0 Å². The van der Waals surface area contributed by atoms with Gasteiger partial charge < -0.3 is 5.11 Å². The predicted octanol–water partition coefficient (Wildman–Crippen LogP) is 1.75. The lowest BCUT2D eigenvalue weighted by atomic mass is 10.2. The third-order valence-electron chi connectivity index (χ3n) is 2.87. The second-order valence-electron chi connectivity index (χ2n) is 4.16. The number of carbonyl (C=O) groups is 2. The van der Waals surface area contributed by atoms with Gasteiger partial charge >= 0.3 is 5.97 Å². The molecule has 0 saturated carbocycles. The van der Waals surface area contributed by atoms with Gasteiger partial charge in [-0.1, -0.05) is 0 Å². The minimum absolute atomic E-state index is 0.356. The number of nitrogens with zero attached hydrogens (tertiary/aromatic N) is 3. The van der Waals surface area contributed by atoms with Gasteiger partial charge in [0.2, 0.25) is 5.91 Å². The summed E-state index contributed by atoms with van der Waals surface area (Å²) in [5, 5.41) is 9.66. The maximum absolute atomic E-state index is 11.6. The quantitative estimate of drug-likeness (QED) is 0.925. The zero-order chi connectivity index (χ0) is 14.2. The molecule has 7 heteroatoms. The van der Waals surface area contributed by atoms with E-state index in [0.29, 0.717) is 5.82 Å². The third-order valence-corrected chi connectivity index (χ3v) is 3.99. The monoisotopic (exact) mass is 279 g/mol. The molecule has 0 bridgehead atoms. The maximum Gasteiger partial charge on any atom is 0.323 e. The number of aliphatic carboxylic acids is 1. The summed E-state index contributed by atoms with van der Waals surface area (Å²) in [6, 6.07) is 0. The fraction of sp³-hybridized carbons (Fsp3) is 0.333. The number of carbonyl (C=O) groups excluding carboxylic acids is 1. The minimum Gasteiger partial charge on any atom is -0.480 e. The zero-order valence-electron chi connectivity index (χ0n) is 10.8. The van der Waals surface area contributed by atoms with Gasteiger partial charge in [-0.2, -0.15) is 0 Å². The molecule has 0 unspecified atom stereocenters. The number of rotatable bonds is 3. The largest absolute Gasteiger partial charge is 0.480 e. The van der Waals surface area contributed by atoms with E-state index < -0.39 is 12.5 Å². The second kappa shape index (κ2) is 4.93. The third kappa shape index (κ3) is 2.41. The van der Waals surface area contributed by atoms with Crippen molar-refractivity contribution in [2.45, 2.75) is 20.8 Å². The summed E-state index contributed by atoms with van der Waals surface area (Å²) < 4.78 is 0. The summed E-state index contributed by atoms with van der Waals surface area (Å²) >= 11 is 1.50. The number of carboxylic acids is 1. The molecule has 0 aliphatic heterocycles. The second-order valence-corrected chi connectivity index (χ2v) is 5.36. The van der Waals surface area contributed by atoms with Crippen LogP contribution in [0.3, 0.4) is 0 Å². The van der Waals surface area contributed by atoms with Crippen LogP contribution in [0.2, 0.25) is 0 Å². The molecule has 0 atom stereocenters. The molecule has 2 aromatic heterocycles. The lowest BCUT2D eigenvalue weighted by molar-refractivity contribution is -0.136. The molecule has 2 aromatic rings. The number of aryl methyl sites for hydroxylation is 2. The minimum atomic E-state index is -1.08. The van der Waals surface area contributed by atoms with Crippen LogP contribution >= 0.6 is 11.3 Å². The van der Waals surface area contributed by atoms with Crippen molar-refractivity contribution in [1.82, 2.24) is 9.97 Å². The average Bonchev–Trinajstić information content (AvgIpc) is 2.62. The highest BCUT2D eigenvalue weighted by Crippen LogP contribution is 2.34. The molecule has 0 aromatic carbocycles. The van der Waals surface area contributed by atoms with Crippen LogP contribution in [0, 0.1) is 13.8 Å². The van der Waals surface area contributed by atoms with Crippen LogP contribution in [0.1, 0.15) is 17.4 Å². The number of amides is 1. The Hall–Kier alpha value is -2.02. The number of carboxylic acid groups (broad SMARTS) is 1. The Balaban J connectivity index is 2.65. The van der Waals surface area contributed by atoms with Gasteiger partial charge in [-0.25, -0.2) is 9.97 Å². The van der Waals surface area contributed by atoms with Gasteiger partial charge in [-0.3, -0.25) is 14.5 Å². The lowest BCUT2D eigenvalue weighted by Gasteiger charge is -2.18. The van der Waals surface area contributed by atoms with Gasteiger partial charge in [0.15, 0.2) is 0 Å². The molecule has 1 amide bonds.